The van der Waals surface area contributed by atoms with E-state index in [0.717, 1.165) is 6.42 Å². The molecule has 0 aromatic heterocycles. The number of alkyl halides is 1. The predicted octanol–water partition coefficient (Wildman–Crippen LogP) is 0.870. The van der Waals surface area contributed by atoms with Crippen molar-refractivity contribution in [1.82, 2.24) is 0 Å². The van der Waals surface area contributed by atoms with Crippen molar-refractivity contribution < 1.29 is 9.84 Å². The maximum absolute atomic E-state index is 8.61. The fourth-order valence-electron chi connectivity index (χ4n) is 0.502. The van der Waals surface area contributed by atoms with E-state index < -0.39 is 0 Å². The van der Waals surface area contributed by atoms with Gasteiger partial charge in [0.05, 0.1) is 0 Å². The van der Waals surface area contributed by atoms with Crippen LogP contribution in [-0.2, 0) is 4.74 Å². The van der Waals surface area contributed by atoms with Crippen molar-refractivity contribution in [2.24, 2.45) is 5.92 Å². The third-order valence-corrected chi connectivity index (χ3v) is 1.64. The summed E-state index contributed by atoms with van der Waals surface area (Å²) in [6.45, 7) is 0.838. The van der Waals surface area contributed by atoms with Gasteiger partial charge in [-0.2, -0.15) is 0 Å². The molecule has 56 valence electrons. The lowest BCUT2D eigenvalue weighted by Crippen LogP contribution is -2.10. The van der Waals surface area contributed by atoms with Crippen LogP contribution in [0, 0.1) is 5.92 Å². The van der Waals surface area contributed by atoms with Crippen molar-refractivity contribution in [3.8, 4) is 0 Å². The Hall–Kier alpha value is 0.210. The molecule has 1 N–H and O–H groups in total. The number of ether oxygens (including phenoxy) is 1. The summed E-state index contributed by atoms with van der Waals surface area (Å²) in [6.07, 6.45) is 0.844. The van der Waals surface area contributed by atoms with Crippen LogP contribution in [0.5, 0.6) is 0 Å². The number of hydrogen-bond acceptors (Lipinski definition) is 2. The molecule has 2 nitrogen and oxygen atoms in total. The minimum Gasteiger partial charge on any atom is -0.396 e. The zero-order valence-corrected chi connectivity index (χ0v) is 6.40. The zero-order chi connectivity index (χ0) is 7.11. The molecule has 0 aliphatic heterocycles. The molecular formula is C6H13ClO2. The first-order valence-electron chi connectivity index (χ1n) is 3.01. The summed E-state index contributed by atoms with van der Waals surface area (Å²) in [6, 6.07) is 0. The molecule has 0 saturated carbocycles. The van der Waals surface area contributed by atoms with Crippen LogP contribution in [0.15, 0.2) is 0 Å². The highest BCUT2D eigenvalue weighted by Gasteiger charge is 2.03. The van der Waals surface area contributed by atoms with E-state index in [-0.39, 0.29) is 12.5 Å². The Kier molecular flexibility index (Phi) is 6.48. The lowest BCUT2D eigenvalue weighted by atomic mass is 10.1. The van der Waals surface area contributed by atoms with E-state index in [4.69, 9.17) is 21.4 Å². The lowest BCUT2D eigenvalue weighted by Gasteiger charge is -2.07. The van der Waals surface area contributed by atoms with Gasteiger partial charge in [0.25, 0.3) is 0 Å². The lowest BCUT2D eigenvalue weighted by molar-refractivity contribution is 0.155. The Morgan fingerprint density at radius 1 is 1.67 bits per heavy atom. The monoisotopic (exact) mass is 152 g/mol. The molecule has 0 aromatic rings. The number of methoxy groups -OCH3 is 1. The highest BCUT2D eigenvalue weighted by molar-refractivity contribution is 6.18. The zero-order valence-electron chi connectivity index (χ0n) is 5.64. The Labute approximate surface area is 60.8 Å². The fraction of sp³-hybridized carbons (Fsp3) is 1.00. The van der Waals surface area contributed by atoms with E-state index in [1.807, 2.05) is 0 Å². The molecule has 0 aliphatic carbocycles. The highest BCUT2D eigenvalue weighted by Crippen LogP contribution is 2.03. The van der Waals surface area contributed by atoms with Crippen molar-refractivity contribution in [3.05, 3.63) is 0 Å². The molecule has 0 saturated heterocycles. The topological polar surface area (TPSA) is 29.5 Å². The number of rotatable bonds is 5. The second-order valence-electron chi connectivity index (χ2n) is 1.98. The summed E-state index contributed by atoms with van der Waals surface area (Å²) in [5.74, 6) is 0.714. The third kappa shape index (κ3) is 4.70. The molecular weight excluding hydrogens is 140 g/mol. The Balaban J connectivity index is 3.09. The van der Waals surface area contributed by atoms with Crippen molar-refractivity contribution >= 4 is 11.6 Å². The summed E-state index contributed by atoms with van der Waals surface area (Å²) in [5, 5.41) is 8.61. The van der Waals surface area contributed by atoms with E-state index in [9.17, 15) is 0 Å². The van der Waals surface area contributed by atoms with Crippen molar-refractivity contribution in [1.29, 1.82) is 0 Å². The molecule has 0 spiro atoms. The van der Waals surface area contributed by atoms with Gasteiger partial charge in [-0.1, -0.05) is 0 Å². The van der Waals surface area contributed by atoms with Crippen molar-refractivity contribution in [3.63, 3.8) is 0 Å². The van der Waals surface area contributed by atoms with Gasteiger partial charge < -0.3 is 9.84 Å². The molecule has 9 heavy (non-hydrogen) atoms. The van der Waals surface area contributed by atoms with Crippen LogP contribution in [0.2, 0.25) is 0 Å². The summed E-state index contributed by atoms with van der Waals surface area (Å²) in [5.41, 5.74) is 0. The largest absolute Gasteiger partial charge is 0.396 e. The first-order valence-corrected chi connectivity index (χ1v) is 3.54. The van der Waals surface area contributed by atoms with E-state index in [1.165, 1.54) is 0 Å². The number of hydrogen-bond donors (Lipinski definition) is 1. The van der Waals surface area contributed by atoms with Crippen molar-refractivity contribution in [2.75, 3.05) is 26.2 Å². The summed E-state index contributed by atoms with van der Waals surface area (Å²) < 4.78 is 4.81. The molecule has 0 heterocycles. The summed E-state index contributed by atoms with van der Waals surface area (Å²) in [4.78, 5) is 0. The van der Waals surface area contributed by atoms with Crippen LogP contribution < -0.4 is 0 Å². The van der Waals surface area contributed by atoms with Gasteiger partial charge in [0, 0.05) is 26.2 Å². The first-order chi connectivity index (χ1) is 4.35. The molecule has 0 rings (SSSR count). The SMILES string of the molecule is COCCC(CO)CCl. The van der Waals surface area contributed by atoms with Gasteiger partial charge in [-0.15, -0.1) is 11.6 Å². The Morgan fingerprint density at radius 2 is 2.33 bits per heavy atom. The number of aliphatic hydroxyl groups is 1. The average Bonchev–Trinajstić information content (AvgIpc) is 1.91. The van der Waals surface area contributed by atoms with Crippen LogP contribution in [0.3, 0.4) is 0 Å². The summed E-state index contributed by atoms with van der Waals surface area (Å²) >= 11 is 5.49. The van der Waals surface area contributed by atoms with Gasteiger partial charge in [-0.25, -0.2) is 0 Å². The standard InChI is InChI=1S/C6H13ClO2/c1-9-3-2-6(4-7)5-8/h6,8H,2-5H2,1H3. The molecule has 0 fully saturated rings. The maximum Gasteiger partial charge on any atom is 0.0471 e. The second-order valence-corrected chi connectivity index (χ2v) is 2.29. The highest BCUT2D eigenvalue weighted by atomic mass is 35.5. The predicted molar refractivity (Wildman–Crippen MR) is 37.8 cm³/mol. The second kappa shape index (κ2) is 6.33. The fourth-order valence-corrected chi connectivity index (χ4v) is 0.754. The van der Waals surface area contributed by atoms with Gasteiger partial charge in [-0.3, -0.25) is 0 Å². The van der Waals surface area contributed by atoms with Crippen molar-refractivity contribution in [2.45, 2.75) is 6.42 Å². The van der Waals surface area contributed by atoms with E-state index in [2.05, 4.69) is 0 Å². The van der Waals surface area contributed by atoms with Gasteiger partial charge in [0.15, 0.2) is 0 Å². The molecule has 0 bridgehead atoms. The Morgan fingerprint density at radius 3 is 2.67 bits per heavy atom. The number of halogens is 1. The van der Waals surface area contributed by atoms with Gasteiger partial charge in [0.1, 0.15) is 0 Å². The maximum atomic E-state index is 8.61. The van der Waals surface area contributed by atoms with Crippen LogP contribution >= 0.6 is 11.6 Å². The minimum atomic E-state index is 0.160. The molecule has 0 amide bonds. The van der Waals surface area contributed by atoms with E-state index in [0.29, 0.717) is 12.5 Å². The quantitative estimate of drug-likeness (QED) is 0.593. The van der Waals surface area contributed by atoms with Gasteiger partial charge in [0.2, 0.25) is 0 Å². The van der Waals surface area contributed by atoms with E-state index >= 15 is 0 Å². The third-order valence-electron chi connectivity index (χ3n) is 1.21. The van der Waals surface area contributed by atoms with Crippen LogP contribution in [0.4, 0.5) is 0 Å². The Bertz CT molecular complexity index is 55.0. The molecule has 0 aromatic carbocycles. The van der Waals surface area contributed by atoms with Gasteiger partial charge in [-0.05, 0) is 12.3 Å². The average molecular weight is 153 g/mol. The molecule has 0 radical (unpaired) electrons. The summed E-state index contributed by atoms with van der Waals surface area (Å²) in [7, 11) is 1.64. The molecule has 0 aliphatic rings. The minimum absolute atomic E-state index is 0.160. The van der Waals surface area contributed by atoms with Gasteiger partial charge >= 0.3 is 0 Å². The van der Waals surface area contributed by atoms with Crippen LogP contribution in [-0.4, -0.2) is 31.3 Å². The van der Waals surface area contributed by atoms with Crippen LogP contribution in [0.25, 0.3) is 0 Å². The van der Waals surface area contributed by atoms with E-state index in [1.54, 1.807) is 7.11 Å². The normalized spacial score (nSPS) is 13.7. The smallest absolute Gasteiger partial charge is 0.0471 e. The molecule has 3 heteroatoms. The molecule has 1 unspecified atom stereocenters. The first kappa shape index (κ1) is 9.21. The van der Waals surface area contributed by atoms with Crippen LogP contribution in [0.1, 0.15) is 6.42 Å². The molecule has 1 atom stereocenters. The number of aliphatic hydroxyl groups excluding tert-OH is 1.